The smallest absolute Gasteiger partial charge is 0.260 e. The van der Waals surface area contributed by atoms with E-state index >= 15 is 0 Å². The highest BCUT2D eigenvalue weighted by Crippen LogP contribution is 2.36. The number of ether oxygens (including phenoxy) is 3. The van der Waals surface area contributed by atoms with Gasteiger partial charge in [0.25, 0.3) is 5.91 Å². The Balaban J connectivity index is 1.40. The van der Waals surface area contributed by atoms with Crippen molar-refractivity contribution in [2.45, 2.75) is 13.0 Å². The van der Waals surface area contributed by atoms with E-state index < -0.39 is 0 Å². The molecule has 2 heterocycles. The molecule has 0 N–H and O–H groups in total. The second-order valence-electron chi connectivity index (χ2n) is 5.78. The van der Waals surface area contributed by atoms with Gasteiger partial charge in [0.1, 0.15) is 5.75 Å². The standard InChI is InChI=1S/C18H16ClNO4/c19-14-1-3-15(4-2-14)22-10-18(21)20-6-5-12-7-16-17(24-11-23-16)8-13(12)9-20/h1-4,7-8H,5-6,9-11H2. The average Bonchev–Trinajstić information content (AvgIpc) is 3.05. The van der Waals surface area contributed by atoms with Gasteiger partial charge in [0.05, 0.1) is 0 Å². The average molecular weight is 346 g/mol. The van der Waals surface area contributed by atoms with Crippen molar-refractivity contribution in [3.8, 4) is 17.2 Å². The summed E-state index contributed by atoms with van der Waals surface area (Å²) in [6.45, 7) is 1.52. The summed E-state index contributed by atoms with van der Waals surface area (Å²) in [5.41, 5.74) is 2.31. The molecule has 1 amide bonds. The normalized spacial score (nSPS) is 15.1. The maximum absolute atomic E-state index is 12.4. The molecule has 24 heavy (non-hydrogen) atoms. The Kier molecular flexibility index (Phi) is 3.94. The van der Waals surface area contributed by atoms with E-state index in [1.165, 1.54) is 5.56 Å². The van der Waals surface area contributed by atoms with Gasteiger partial charge < -0.3 is 19.1 Å². The zero-order chi connectivity index (χ0) is 16.5. The number of amides is 1. The second-order valence-corrected chi connectivity index (χ2v) is 6.22. The minimum absolute atomic E-state index is 0.0154. The molecule has 2 aliphatic rings. The third-order valence-electron chi connectivity index (χ3n) is 4.24. The number of halogens is 1. The van der Waals surface area contributed by atoms with Crippen LogP contribution in [0.4, 0.5) is 0 Å². The van der Waals surface area contributed by atoms with E-state index in [0.29, 0.717) is 23.9 Å². The monoisotopic (exact) mass is 345 g/mol. The zero-order valence-corrected chi connectivity index (χ0v) is 13.7. The third-order valence-corrected chi connectivity index (χ3v) is 4.49. The van der Waals surface area contributed by atoms with Crippen LogP contribution in [0.2, 0.25) is 5.02 Å². The van der Waals surface area contributed by atoms with Crippen molar-refractivity contribution >= 4 is 17.5 Å². The van der Waals surface area contributed by atoms with Crippen LogP contribution in [-0.4, -0.2) is 30.8 Å². The van der Waals surface area contributed by atoms with Crippen molar-refractivity contribution in [1.82, 2.24) is 4.90 Å². The molecule has 0 spiro atoms. The van der Waals surface area contributed by atoms with Crippen LogP contribution in [0.15, 0.2) is 36.4 Å². The Morgan fingerprint density at radius 2 is 1.83 bits per heavy atom. The number of benzene rings is 2. The highest BCUT2D eigenvalue weighted by atomic mass is 35.5. The molecule has 0 radical (unpaired) electrons. The Hall–Kier alpha value is -2.40. The molecule has 124 valence electrons. The molecule has 0 unspecified atom stereocenters. The van der Waals surface area contributed by atoms with Gasteiger partial charge >= 0.3 is 0 Å². The molecular formula is C18H16ClNO4. The first kappa shape index (κ1) is 15.1. The van der Waals surface area contributed by atoms with Gasteiger partial charge in [-0.1, -0.05) is 11.6 Å². The number of nitrogens with zero attached hydrogens (tertiary/aromatic N) is 1. The fourth-order valence-electron chi connectivity index (χ4n) is 2.93. The van der Waals surface area contributed by atoms with Gasteiger partial charge in [0, 0.05) is 18.1 Å². The molecule has 0 fully saturated rings. The summed E-state index contributed by atoms with van der Waals surface area (Å²) in [5, 5.41) is 0.639. The lowest BCUT2D eigenvalue weighted by Crippen LogP contribution is -2.38. The van der Waals surface area contributed by atoms with E-state index in [-0.39, 0.29) is 19.3 Å². The Morgan fingerprint density at radius 3 is 2.58 bits per heavy atom. The molecule has 0 atom stereocenters. The van der Waals surface area contributed by atoms with Crippen LogP contribution < -0.4 is 14.2 Å². The maximum atomic E-state index is 12.4. The molecule has 0 saturated heterocycles. The summed E-state index contributed by atoms with van der Waals surface area (Å²) < 4.78 is 16.4. The molecule has 4 rings (SSSR count). The van der Waals surface area contributed by atoms with Gasteiger partial charge in [-0.25, -0.2) is 0 Å². The van der Waals surface area contributed by atoms with Crippen molar-refractivity contribution in [2.24, 2.45) is 0 Å². The fraction of sp³-hybridized carbons (Fsp3) is 0.278. The molecule has 5 nitrogen and oxygen atoms in total. The first-order valence-electron chi connectivity index (χ1n) is 7.76. The van der Waals surface area contributed by atoms with Gasteiger partial charge in [-0.2, -0.15) is 0 Å². The summed E-state index contributed by atoms with van der Waals surface area (Å²) in [5.74, 6) is 2.14. The van der Waals surface area contributed by atoms with Gasteiger partial charge in [-0.15, -0.1) is 0 Å². The van der Waals surface area contributed by atoms with Gasteiger partial charge in [-0.05, 0) is 53.9 Å². The first-order valence-corrected chi connectivity index (χ1v) is 8.14. The molecule has 2 aromatic rings. The van der Waals surface area contributed by atoms with Gasteiger partial charge in [-0.3, -0.25) is 4.79 Å². The number of carbonyl (C=O) groups is 1. The van der Waals surface area contributed by atoms with Crippen LogP contribution in [0.25, 0.3) is 0 Å². The second kappa shape index (κ2) is 6.24. The van der Waals surface area contributed by atoms with Gasteiger partial charge in [0.15, 0.2) is 18.1 Å². The van der Waals surface area contributed by atoms with Crippen LogP contribution >= 0.6 is 11.6 Å². The summed E-state index contributed by atoms with van der Waals surface area (Å²) >= 11 is 5.83. The lowest BCUT2D eigenvalue weighted by molar-refractivity contribution is -0.134. The fourth-order valence-corrected chi connectivity index (χ4v) is 3.05. The molecule has 6 heteroatoms. The van der Waals surface area contributed by atoms with Crippen LogP contribution in [0, 0.1) is 0 Å². The summed E-state index contributed by atoms with van der Waals surface area (Å²) in [6, 6.07) is 11.0. The van der Waals surface area contributed by atoms with Crippen molar-refractivity contribution in [2.75, 3.05) is 19.9 Å². The first-order chi connectivity index (χ1) is 11.7. The lowest BCUT2D eigenvalue weighted by Gasteiger charge is -2.29. The number of hydrogen-bond acceptors (Lipinski definition) is 4. The predicted molar refractivity (Wildman–Crippen MR) is 88.6 cm³/mol. The van der Waals surface area contributed by atoms with Crippen molar-refractivity contribution < 1.29 is 19.0 Å². The summed E-state index contributed by atoms with van der Waals surface area (Å²) in [6.07, 6.45) is 0.804. The predicted octanol–water partition coefficient (Wildman–Crippen LogP) is 3.03. The minimum atomic E-state index is -0.0340. The maximum Gasteiger partial charge on any atom is 0.260 e. The minimum Gasteiger partial charge on any atom is -0.484 e. The Morgan fingerprint density at radius 1 is 1.12 bits per heavy atom. The van der Waals surface area contributed by atoms with E-state index in [0.717, 1.165) is 23.5 Å². The quantitative estimate of drug-likeness (QED) is 0.858. The van der Waals surface area contributed by atoms with Crippen LogP contribution in [0.3, 0.4) is 0 Å². The van der Waals surface area contributed by atoms with Crippen LogP contribution in [0.5, 0.6) is 17.2 Å². The van der Waals surface area contributed by atoms with Crippen LogP contribution in [0.1, 0.15) is 11.1 Å². The lowest BCUT2D eigenvalue weighted by atomic mass is 9.99. The molecule has 0 saturated carbocycles. The molecule has 2 aliphatic heterocycles. The molecule has 2 aromatic carbocycles. The zero-order valence-electron chi connectivity index (χ0n) is 13.0. The summed E-state index contributed by atoms with van der Waals surface area (Å²) in [4.78, 5) is 14.2. The van der Waals surface area contributed by atoms with E-state index in [1.807, 2.05) is 12.1 Å². The number of fused-ring (bicyclic) bond motifs is 2. The van der Waals surface area contributed by atoms with Crippen molar-refractivity contribution in [3.05, 3.63) is 52.5 Å². The number of hydrogen-bond donors (Lipinski definition) is 0. The SMILES string of the molecule is O=C(COc1ccc(Cl)cc1)N1CCc2cc3c(cc2C1)OCO3. The molecule has 0 bridgehead atoms. The third kappa shape index (κ3) is 2.99. The van der Waals surface area contributed by atoms with Crippen molar-refractivity contribution in [1.29, 1.82) is 0 Å². The highest BCUT2D eigenvalue weighted by Gasteiger charge is 2.24. The molecular weight excluding hydrogens is 330 g/mol. The number of carbonyl (C=O) groups excluding carboxylic acids is 1. The van der Waals surface area contributed by atoms with E-state index in [4.69, 9.17) is 25.8 Å². The van der Waals surface area contributed by atoms with Crippen LogP contribution in [-0.2, 0) is 17.8 Å². The number of rotatable bonds is 3. The van der Waals surface area contributed by atoms with E-state index in [2.05, 4.69) is 0 Å². The highest BCUT2D eigenvalue weighted by molar-refractivity contribution is 6.30. The molecule has 0 aromatic heterocycles. The van der Waals surface area contributed by atoms with Gasteiger partial charge in [0.2, 0.25) is 6.79 Å². The summed E-state index contributed by atoms with van der Waals surface area (Å²) in [7, 11) is 0. The Bertz CT molecular complexity index is 775. The van der Waals surface area contributed by atoms with Crippen molar-refractivity contribution in [3.63, 3.8) is 0 Å². The van der Waals surface area contributed by atoms with E-state index in [1.54, 1.807) is 29.2 Å². The van der Waals surface area contributed by atoms with E-state index in [9.17, 15) is 4.79 Å². The topological polar surface area (TPSA) is 48.0 Å². The molecule has 0 aliphatic carbocycles. The Labute approximate surface area is 144 Å². The largest absolute Gasteiger partial charge is 0.484 e.